The van der Waals surface area contributed by atoms with Gasteiger partial charge in [-0.15, -0.1) is 0 Å². The molecule has 6 saturated carbocycles. The third-order valence-corrected chi connectivity index (χ3v) is 18.3. The smallest absolute Gasteiger partial charge is 0.326 e. The number of cyclic esters (lactones) is 1. The highest BCUT2D eigenvalue weighted by molar-refractivity contribution is 9.10. The van der Waals surface area contributed by atoms with E-state index in [1.807, 2.05) is 0 Å². The lowest BCUT2D eigenvalue weighted by molar-refractivity contribution is -0.188. The van der Waals surface area contributed by atoms with Crippen molar-refractivity contribution in [2.45, 2.75) is 150 Å². The summed E-state index contributed by atoms with van der Waals surface area (Å²) < 4.78 is 34.8. The van der Waals surface area contributed by atoms with E-state index in [1.165, 1.54) is 29.4 Å². The fourth-order valence-electron chi connectivity index (χ4n) is 12.7. The molecule has 20 heteroatoms. The number of amides is 1. The van der Waals surface area contributed by atoms with Crippen LogP contribution in [-0.2, 0) is 37.1 Å². The first-order valence-corrected chi connectivity index (χ1v) is 25.4. The SMILES string of the molecule is C.C[C@@H]1OC(=O)[C@@H]2[C@H]1[C@H](CN=[N+]=[N-])ON2Cc1cccc(Br)c1F.C[C@@H]1[C@@H](N)C[C@H]2C[C@@H]1C2(C)C.C[C@@H]1[C@@H](NC(=O)[C@@H]2[C@H]([C@H](C)O)[C@H](CN=[N+]=[N-])ON2Cc2cccc(Br)c2F)C[C@H]2C[C@@H]1C2(C)C. The molecular formula is C49H70Br2F2N10O6. The zero-order valence-corrected chi connectivity index (χ0v) is 43.2. The number of halogens is 4. The topological polar surface area (TPSA) is 224 Å². The van der Waals surface area contributed by atoms with Gasteiger partial charge in [-0.3, -0.25) is 19.3 Å². The van der Waals surface area contributed by atoms with Crippen LogP contribution < -0.4 is 11.1 Å². The second-order valence-corrected chi connectivity index (χ2v) is 23.0. The molecule has 4 N–H and O–H groups in total. The summed E-state index contributed by atoms with van der Waals surface area (Å²) in [6.45, 7) is 17.5. The van der Waals surface area contributed by atoms with Crippen LogP contribution in [0.3, 0.4) is 0 Å². The van der Waals surface area contributed by atoms with E-state index >= 15 is 0 Å². The van der Waals surface area contributed by atoms with Gasteiger partial charge in [0, 0.05) is 39.0 Å². The van der Waals surface area contributed by atoms with Crippen molar-refractivity contribution in [3.05, 3.63) is 89.0 Å². The summed E-state index contributed by atoms with van der Waals surface area (Å²) in [4.78, 5) is 43.1. The number of ether oxygens (including phenoxy) is 1. The van der Waals surface area contributed by atoms with Gasteiger partial charge in [-0.2, -0.15) is 10.1 Å². The Kier molecular flexibility index (Phi) is 17.6. The highest BCUT2D eigenvalue weighted by Gasteiger charge is 2.59. The largest absolute Gasteiger partial charge is 0.461 e. The number of hydroxylamine groups is 4. The highest BCUT2D eigenvalue weighted by atomic mass is 79.9. The molecule has 0 unspecified atom stereocenters. The van der Waals surface area contributed by atoms with Gasteiger partial charge in [-0.1, -0.05) is 83.5 Å². The van der Waals surface area contributed by atoms with Gasteiger partial charge in [-0.05, 0) is 141 Å². The Balaban J connectivity index is 0.000000191. The number of hydrogen-bond donors (Lipinski definition) is 3. The average Bonchev–Trinajstić information content (AvgIpc) is 3.94. The molecule has 4 bridgehead atoms. The molecule has 16 atom stereocenters. The zero-order valence-electron chi connectivity index (χ0n) is 40.0. The van der Waals surface area contributed by atoms with Crippen LogP contribution in [0.25, 0.3) is 20.9 Å². The molecule has 11 rings (SSSR count). The van der Waals surface area contributed by atoms with Crippen LogP contribution in [0.2, 0.25) is 0 Å². The number of carbonyl (C=O) groups is 2. The van der Waals surface area contributed by atoms with Crippen LogP contribution in [0.1, 0.15) is 99.6 Å². The van der Waals surface area contributed by atoms with E-state index in [4.69, 9.17) is 31.2 Å². The first-order valence-electron chi connectivity index (χ1n) is 23.8. The number of azide groups is 2. The maximum Gasteiger partial charge on any atom is 0.326 e. The number of nitrogens with one attached hydrogen (secondary N) is 1. The first-order chi connectivity index (χ1) is 32.1. The summed E-state index contributed by atoms with van der Waals surface area (Å²) in [5, 5.41) is 23.8. The molecule has 2 aromatic rings. The van der Waals surface area contributed by atoms with Crippen molar-refractivity contribution in [1.82, 2.24) is 15.4 Å². The van der Waals surface area contributed by atoms with E-state index < -0.39 is 53.9 Å². The summed E-state index contributed by atoms with van der Waals surface area (Å²) in [6, 6.07) is 8.96. The Bertz CT molecular complexity index is 2280. The number of rotatable bonds is 11. The van der Waals surface area contributed by atoms with Crippen molar-refractivity contribution in [3.8, 4) is 0 Å². The van der Waals surface area contributed by atoms with Crippen LogP contribution in [0.15, 0.2) is 55.6 Å². The third kappa shape index (κ3) is 10.9. The first kappa shape index (κ1) is 54.9. The van der Waals surface area contributed by atoms with Crippen molar-refractivity contribution in [2.24, 2.45) is 74.1 Å². The normalized spacial score (nSPS) is 35.9. The van der Waals surface area contributed by atoms with Gasteiger partial charge in [0.05, 0.1) is 59.4 Å². The Morgan fingerprint density at radius 3 is 1.87 bits per heavy atom. The lowest BCUT2D eigenvalue weighted by Crippen LogP contribution is -2.62. The number of benzene rings is 2. The molecule has 3 heterocycles. The van der Waals surface area contributed by atoms with Crippen LogP contribution in [-0.4, -0.2) is 88.8 Å². The molecule has 9 fully saturated rings. The lowest BCUT2D eigenvalue weighted by atomic mass is 9.45. The number of nitrogens with zero attached hydrogens (tertiary/aromatic N) is 8. The molecule has 3 aliphatic heterocycles. The molecule has 6 aliphatic carbocycles. The fourth-order valence-corrected chi connectivity index (χ4v) is 13.6. The Labute approximate surface area is 421 Å². The quantitative estimate of drug-likeness (QED) is 0.0841. The number of carbonyl (C=O) groups excluding carboxylic acids is 2. The molecule has 0 aromatic heterocycles. The number of nitrogens with two attached hydrogens (primary N) is 1. The van der Waals surface area contributed by atoms with Crippen molar-refractivity contribution >= 4 is 43.7 Å². The standard InChI is InChI=1S/C24H33BrFN5O3.C14H14BrFN4O3.C10H19N.CH4/c1-12-16-8-15(24(16,3)4)9-18(12)29-23(33)22-20(13(2)32)19(10-28-30-27)34-31(22)11-14-6-5-7-17(25)21(14)26;1-7-11-10(5-18-19-17)23-20(13(11)14(21)22-7)6-8-3-2-4-9(15)12(8)16;1-6-8-4-7(5-9(6)11)10(8,2)3;/h5-7,12-13,15-16,18-20,22,32H,8-11H2,1-4H3,(H,29,33);2-4,7,10-11,13H,5-6H2,1H3;6-9H,4-5,11H2,1-3H3;1H4/t12-,13-,15+,16-,18-,19-,20+,22-;7-,10-,11+,13-;6-,7+,8-,9-;/m000./s1. The van der Waals surface area contributed by atoms with E-state index in [2.05, 4.69) is 98.8 Å². The van der Waals surface area contributed by atoms with Gasteiger partial charge in [0.15, 0.2) is 0 Å². The summed E-state index contributed by atoms with van der Waals surface area (Å²) in [5.74, 6) is 1.72. The number of aliphatic hydroxyl groups excluding tert-OH is 1. The Morgan fingerprint density at radius 2 is 1.38 bits per heavy atom. The highest BCUT2D eigenvalue weighted by Crippen LogP contribution is 2.62. The lowest BCUT2D eigenvalue weighted by Gasteiger charge is -2.62. The van der Waals surface area contributed by atoms with Crippen molar-refractivity contribution in [2.75, 3.05) is 13.1 Å². The van der Waals surface area contributed by atoms with Gasteiger partial charge in [0.25, 0.3) is 0 Å². The van der Waals surface area contributed by atoms with Gasteiger partial charge < -0.3 is 20.9 Å². The molecule has 0 radical (unpaired) electrons. The van der Waals surface area contributed by atoms with Crippen LogP contribution in [0, 0.1) is 69.8 Å². The number of esters is 1. The van der Waals surface area contributed by atoms with E-state index in [-0.39, 0.29) is 57.6 Å². The summed E-state index contributed by atoms with van der Waals surface area (Å²) in [7, 11) is 0. The van der Waals surface area contributed by atoms with Crippen LogP contribution in [0.5, 0.6) is 0 Å². The number of hydrogen-bond acceptors (Lipinski definition) is 11. The predicted molar refractivity (Wildman–Crippen MR) is 264 cm³/mol. The Morgan fingerprint density at radius 1 is 0.870 bits per heavy atom. The molecule has 69 heavy (non-hydrogen) atoms. The average molecular weight is 1090 g/mol. The third-order valence-electron chi connectivity index (χ3n) is 17.1. The molecular weight excluding hydrogens is 1020 g/mol. The second kappa shape index (κ2) is 22.1. The number of fused-ring (bicyclic) bond motifs is 5. The van der Waals surface area contributed by atoms with Crippen molar-refractivity contribution in [1.29, 1.82) is 0 Å². The summed E-state index contributed by atoms with van der Waals surface area (Å²) >= 11 is 6.34. The van der Waals surface area contributed by atoms with Gasteiger partial charge in [0.2, 0.25) is 5.91 Å². The van der Waals surface area contributed by atoms with Crippen LogP contribution >= 0.6 is 31.9 Å². The summed E-state index contributed by atoms with van der Waals surface area (Å²) in [5.41, 5.74) is 25.0. The minimum atomic E-state index is -0.900. The number of aliphatic hydroxyl groups is 1. The van der Waals surface area contributed by atoms with Gasteiger partial charge in [-0.25, -0.2) is 8.78 Å². The van der Waals surface area contributed by atoms with E-state index in [0.717, 1.165) is 24.2 Å². The van der Waals surface area contributed by atoms with E-state index in [0.29, 0.717) is 54.7 Å². The van der Waals surface area contributed by atoms with E-state index in [9.17, 15) is 23.5 Å². The molecule has 9 aliphatic rings. The Hall–Kier alpha value is -3.42. The molecule has 3 saturated heterocycles. The fraction of sp³-hybridized carbons (Fsp3) is 0.714. The van der Waals surface area contributed by atoms with Gasteiger partial charge in [0.1, 0.15) is 29.8 Å². The molecule has 0 spiro atoms. The molecule has 380 valence electrons. The zero-order chi connectivity index (χ0) is 49.6. The predicted octanol–water partition coefficient (Wildman–Crippen LogP) is 10.2. The van der Waals surface area contributed by atoms with Crippen LogP contribution in [0.4, 0.5) is 8.78 Å². The maximum absolute atomic E-state index is 14.7. The molecule has 16 nitrogen and oxygen atoms in total. The van der Waals surface area contributed by atoms with E-state index in [1.54, 1.807) is 50.2 Å². The second-order valence-electron chi connectivity index (χ2n) is 21.3. The van der Waals surface area contributed by atoms with Crippen molar-refractivity contribution < 1.29 is 37.9 Å². The molecule has 2 aromatic carbocycles. The molecule has 1 amide bonds. The monoisotopic (exact) mass is 1090 g/mol. The van der Waals surface area contributed by atoms with Gasteiger partial charge >= 0.3 is 5.97 Å². The minimum absolute atomic E-state index is 0. The minimum Gasteiger partial charge on any atom is -0.461 e. The summed E-state index contributed by atoms with van der Waals surface area (Å²) in [6.07, 6.45) is 2.43. The maximum atomic E-state index is 14.7. The van der Waals surface area contributed by atoms with Crippen molar-refractivity contribution in [3.63, 3.8) is 0 Å².